The number of fused-ring (bicyclic) bond motifs is 2. The van der Waals surface area contributed by atoms with Gasteiger partial charge in [-0.2, -0.15) is 4.31 Å². The zero-order valence-corrected chi connectivity index (χ0v) is 23.1. The lowest BCUT2D eigenvalue weighted by atomic mass is 9.99. The number of hydrogen-bond donors (Lipinski definition) is 0. The summed E-state index contributed by atoms with van der Waals surface area (Å²) < 4.78 is 55.7. The van der Waals surface area contributed by atoms with Gasteiger partial charge in [0.05, 0.1) is 17.0 Å². The Kier molecular flexibility index (Phi) is 7.04. The number of nitrogens with zero attached hydrogens (tertiary/aromatic N) is 6. The van der Waals surface area contributed by atoms with Crippen molar-refractivity contribution in [2.24, 2.45) is 0 Å². The highest BCUT2D eigenvalue weighted by Gasteiger charge is 2.38. The van der Waals surface area contributed by atoms with E-state index in [4.69, 9.17) is 0 Å². The molecule has 0 saturated carbocycles. The SMILES string of the molecule is Cc1cc(N2CCC(F)(F)C2)cc2c(N3CCc4ccc(S(=O)(=O)N(C)CCN(C)C)cc4C3)ncnc12. The molecule has 0 bridgehead atoms. The molecule has 38 heavy (non-hydrogen) atoms. The number of rotatable bonds is 7. The third-order valence-corrected chi connectivity index (χ3v) is 9.34. The molecule has 0 N–H and O–H groups in total. The van der Waals surface area contributed by atoms with Gasteiger partial charge in [0.1, 0.15) is 12.1 Å². The molecule has 3 aromatic rings. The minimum atomic E-state index is -3.62. The maximum absolute atomic E-state index is 13.9. The van der Waals surface area contributed by atoms with Crippen LogP contribution in [0.25, 0.3) is 10.9 Å². The summed E-state index contributed by atoms with van der Waals surface area (Å²) in [5.74, 6) is -1.96. The fourth-order valence-corrected chi connectivity index (χ4v) is 6.43. The van der Waals surface area contributed by atoms with Crippen molar-refractivity contribution >= 4 is 32.4 Å². The van der Waals surface area contributed by atoms with Gasteiger partial charge in [-0.1, -0.05) is 6.07 Å². The Morgan fingerprint density at radius 1 is 1.00 bits per heavy atom. The Hall–Kier alpha value is -2.89. The molecule has 0 atom stereocenters. The molecule has 1 saturated heterocycles. The number of likely N-dealkylation sites (N-methyl/N-ethyl adjacent to an activating group) is 2. The average Bonchev–Trinajstić information content (AvgIpc) is 3.25. The smallest absolute Gasteiger partial charge is 0.266 e. The van der Waals surface area contributed by atoms with E-state index in [9.17, 15) is 17.2 Å². The predicted molar refractivity (Wildman–Crippen MR) is 146 cm³/mol. The van der Waals surface area contributed by atoms with E-state index in [0.717, 1.165) is 45.5 Å². The van der Waals surface area contributed by atoms with Gasteiger partial charge in [-0.3, -0.25) is 0 Å². The molecule has 2 aromatic carbocycles. The number of benzene rings is 2. The zero-order valence-electron chi connectivity index (χ0n) is 22.3. The molecular weight excluding hydrogens is 510 g/mol. The summed E-state index contributed by atoms with van der Waals surface area (Å²) >= 11 is 0. The summed E-state index contributed by atoms with van der Waals surface area (Å²) in [7, 11) is 1.81. The molecular formula is C27H34F2N6O2S. The number of alkyl halides is 2. The molecule has 5 rings (SSSR count). The molecule has 1 aromatic heterocycles. The first-order chi connectivity index (χ1) is 17.9. The van der Waals surface area contributed by atoms with Gasteiger partial charge < -0.3 is 14.7 Å². The molecule has 3 heterocycles. The lowest BCUT2D eigenvalue weighted by Crippen LogP contribution is -2.34. The summed E-state index contributed by atoms with van der Waals surface area (Å²) in [5.41, 5.74) is 4.50. The maximum Gasteiger partial charge on any atom is 0.266 e. The van der Waals surface area contributed by atoms with E-state index >= 15 is 0 Å². The number of halogens is 2. The second-order valence-electron chi connectivity index (χ2n) is 10.6. The molecule has 0 spiro atoms. The molecule has 204 valence electrons. The fraction of sp³-hybridized carbons (Fsp3) is 0.481. The summed E-state index contributed by atoms with van der Waals surface area (Å²) in [6.45, 7) is 4.18. The molecule has 2 aliphatic rings. The summed E-state index contributed by atoms with van der Waals surface area (Å²) in [6, 6.07) is 9.20. The Morgan fingerprint density at radius 3 is 2.50 bits per heavy atom. The number of aromatic nitrogens is 2. The van der Waals surface area contributed by atoms with Crippen LogP contribution in [-0.2, 0) is 23.0 Å². The van der Waals surface area contributed by atoms with Crippen molar-refractivity contribution in [1.82, 2.24) is 19.2 Å². The number of aryl methyl sites for hydroxylation is 1. The normalized spacial score (nSPS) is 17.6. The van der Waals surface area contributed by atoms with Crippen LogP contribution < -0.4 is 9.80 Å². The van der Waals surface area contributed by atoms with Gasteiger partial charge >= 0.3 is 0 Å². The Bertz CT molecular complexity index is 1460. The van der Waals surface area contributed by atoms with E-state index < -0.39 is 15.9 Å². The highest BCUT2D eigenvalue weighted by molar-refractivity contribution is 7.89. The van der Waals surface area contributed by atoms with E-state index in [-0.39, 0.29) is 17.9 Å². The summed E-state index contributed by atoms with van der Waals surface area (Å²) in [4.78, 5) is 15.2. The third-order valence-electron chi connectivity index (χ3n) is 7.49. The number of anilines is 2. The molecule has 11 heteroatoms. The number of hydrogen-bond acceptors (Lipinski definition) is 7. The molecule has 2 aliphatic heterocycles. The number of sulfonamides is 1. The van der Waals surface area contributed by atoms with E-state index in [0.29, 0.717) is 32.7 Å². The van der Waals surface area contributed by atoms with Crippen molar-refractivity contribution in [3.05, 3.63) is 53.3 Å². The van der Waals surface area contributed by atoms with Crippen LogP contribution in [0.5, 0.6) is 0 Å². The van der Waals surface area contributed by atoms with Gasteiger partial charge in [-0.05, 0) is 68.4 Å². The quantitative estimate of drug-likeness (QED) is 0.451. The van der Waals surface area contributed by atoms with Gasteiger partial charge in [0.25, 0.3) is 5.92 Å². The van der Waals surface area contributed by atoms with E-state index in [1.807, 2.05) is 44.1 Å². The van der Waals surface area contributed by atoms with Gasteiger partial charge in [-0.15, -0.1) is 0 Å². The molecule has 1 fully saturated rings. The first-order valence-electron chi connectivity index (χ1n) is 12.8. The first-order valence-corrected chi connectivity index (χ1v) is 14.2. The largest absolute Gasteiger partial charge is 0.365 e. The van der Waals surface area contributed by atoms with Crippen LogP contribution >= 0.6 is 0 Å². The van der Waals surface area contributed by atoms with Crippen LogP contribution in [-0.4, -0.2) is 87.4 Å². The van der Waals surface area contributed by atoms with Crippen molar-refractivity contribution in [3.63, 3.8) is 0 Å². The molecule has 0 aliphatic carbocycles. The average molecular weight is 545 g/mol. The Balaban J connectivity index is 1.46. The highest BCUT2D eigenvalue weighted by Crippen LogP contribution is 2.36. The van der Waals surface area contributed by atoms with Gasteiger partial charge in [0.15, 0.2) is 0 Å². The Morgan fingerprint density at radius 2 is 1.79 bits per heavy atom. The zero-order chi connectivity index (χ0) is 27.2. The van der Waals surface area contributed by atoms with Crippen LogP contribution in [0.4, 0.5) is 20.3 Å². The van der Waals surface area contributed by atoms with E-state index in [1.165, 1.54) is 10.6 Å². The van der Waals surface area contributed by atoms with Gasteiger partial charge in [0.2, 0.25) is 10.0 Å². The van der Waals surface area contributed by atoms with E-state index in [1.54, 1.807) is 24.1 Å². The third kappa shape index (κ3) is 5.19. The van der Waals surface area contributed by atoms with Crippen molar-refractivity contribution in [2.45, 2.75) is 37.1 Å². The van der Waals surface area contributed by atoms with Gasteiger partial charge in [0, 0.05) is 57.3 Å². The standard InChI is InChI=1S/C27H34F2N6O2S/c1-19-13-22(35-10-8-27(28,29)17-35)15-24-25(19)30-18-31-26(24)34-9-7-20-5-6-23(14-21(20)16-34)38(36,37)33(4)12-11-32(2)3/h5-6,13-15,18H,7-12,16-17H2,1-4H3. The summed E-state index contributed by atoms with van der Waals surface area (Å²) in [6.07, 6.45) is 2.12. The Labute approximate surface area is 222 Å². The minimum absolute atomic E-state index is 0.152. The molecule has 8 nitrogen and oxygen atoms in total. The highest BCUT2D eigenvalue weighted by atomic mass is 32.2. The lowest BCUT2D eigenvalue weighted by molar-refractivity contribution is 0.0257. The maximum atomic E-state index is 13.9. The second-order valence-corrected chi connectivity index (χ2v) is 12.7. The van der Waals surface area contributed by atoms with Crippen LogP contribution in [0, 0.1) is 6.92 Å². The lowest BCUT2D eigenvalue weighted by Gasteiger charge is -2.31. The fourth-order valence-electron chi connectivity index (χ4n) is 5.22. The molecule has 0 unspecified atom stereocenters. The first kappa shape index (κ1) is 26.7. The predicted octanol–water partition coefficient (Wildman–Crippen LogP) is 3.53. The topological polar surface area (TPSA) is 72.9 Å². The van der Waals surface area contributed by atoms with Crippen LogP contribution in [0.2, 0.25) is 0 Å². The van der Waals surface area contributed by atoms with Crippen molar-refractivity contribution in [3.8, 4) is 0 Å². The molecule has 0 radical (unpaired) electrons. The van der Waals surface area contributed by atoms with E-state index in [2.05, 4.69) is 14.9 Å². The summed E-state index contributed by atoms with van der Waals surface area (Å²) in [5, 5.41) is 0.813. The van der Waals surface area contributed by atoms with Crippen LogP contribution in [0.1, 0.15) is 23.1 Å². The van der Waals surface area contributed by atoms with Gasteiger partial charge in [-0.25, -0.2) is 27.2 Å². The van der Waals surface area contributed by atoms with Crippen LogP contribution in [0.3, 0.4) is 0 Å². The van der Waals surface area contributed by atoms with Crippen molar-refractivity contribution in [2.75, 3.05) is 63.7 Å². The minimum Gasteiger partial charge on any atom is -0.365 e. The second kappa shape index (κ2) is 10.0. The molecule has 0 amide bonds. The van der Waals surface area contributed by atoms with Crippen molar-refractivity contribution in [1.29, 1.82) is 0 Å². The monoisotopic (exact) mass is 544 g/mol. The van der Waals surface area contributed by atoms with Crippen LogP contribution in [0.15, 0.2) is 41.6 Å². The van der Waals surface area contributed by atoms with Crippen molar-refractivity contribution < 1.29 is 17.2 Å².